The van der Waals surface area contributed by atoms with Crippen LogP contribution in [-0.4, -0.2) is 25.0 Å². The fourth-order valence-corrected chi connectivity index (χ4v) is 3.31. The van der Waals surface area contributed by atoms with Crippen LogP contribution >= 0.6 is 0 Å². The number of benzene rings is 2. The summed E-state index contributed by atoms with van der Waals surface area (Å²) < 4.78 is 10.6. The molecule has 0 saturated heterocycles. The summed E-state index contributed by atoms with van der Waals surface area (Å²) in [7, 11) is 3.24. The van der Waals surface area contributed by atoms with Crippen molar-refractivity contribution < 1.29 is 14.3 Å². The van der Waals surface area contributed by atoms with Gasteiger partial charge in [-0.05, 0) is 42.2 Å². The number of amides is 1. The van der Waals surface area contributed by atoms with Crippen molar-refractivity contribution in [3.05, 3.63) is 59.2 Å². The van der Waals surface area contributed by atoms with Gasteiger partial charge < -0.3 is 14.4 Å². The molecule has 1 aliphatic rings. The van der Waals surface area contributed by atoms with E-state index in [0.29, 0.717) is 30.9 Å². The maximum Gasteiger partial charge on any atom is 0.223 e. The third-order valence-electron chi connectivity index (χ3n) is 4.71. The molecule has 0 N–H and O–H groups in total. The fourth-order valence-electron chi connectivity index (χ4n) is 3.31. The van der Waals surface area contributed by atoms with Crippen LogP contribution in [0.25, 0.3) is 0 Å². The molecule has 0 unspecified atom stereocenters. The van der Waals surface area contributed by atoms with Crippen LogP contribution in [0.3, 0.4) is 0 Å². The van der Waals surface area contributed by atoms with Gasteiger partial charge in [0.05, 0.1) is 20.3 Å². The lowest BCUT2D eigenvalue weighted by molar-refractivity contribution is -0.133. The van der Waals surface area contributed by atoms with E-state index in [1.165, 1.54) is 11.1 Å². The molecule has 0 radical (unpaired) electrons. The number of carbonyl (C=O) groups excluding carboxylic acids is 1. The topological polar surface area (TPSA) is 38.8 Å². The lowest BCUT2D eigenvalue weighted by Gasteiger charge is -2.22. The molecule has 1 aliphatic heterocycles. The first-order chi connectivity index (χ1) is 11.6. The van der Waals surface area contributed by atoms with E-state index in [2.05, 4.69) is 19.1 Å². The highest BCUT2D eigenvalue weighted by atomic mass is 16.5. The Hall–Kier alpha value is -2.49. The summed E-state index contributed by atoms with van der Waals surface area (Å²) in [6.45, 7) is 2.81. The first-order valence-corrected chi connectivity index (χ1v) is 8.22. The molecule has 4 nitrogen and oxygen atoms in total. The first-order valence-electron chi connectivity index (χ1n) is 8.22. The summed E-state index contributed by atoms with van der Waals surface area (Å²) in [5.41, 5.74) is 3.59. The van der Waals surface area contributed by atoms with Gasteiger partial charge in [0.25, 0.3) is 0 Å². The van der Waals surface area contributed by atoms with E-state index in [9.17, 15) is 4.79 Å². The largest absolute Gasteiger partial charge is 0.493 e. The Balaban J connectivity index is 1.65. The zero-order valence-electron chi connectivity index (χ0n) is 14.4. The van der Waals surface area contributed by atoms with Gasteiger partial charge in [-0.2, -0.15) is 0 Å². The average Bonchev–Trinajstić information content (AvgIpc) is 2.96. The first kappa shape index (κ1) is 16.4. The highest BCUT2D eigenvalue weighted by molar-refractivity contribution is 5.78. The number of rotatable bonds is 5. The van der Waals surface area contributed by atoms with Crippen molar-refractivity contribution in [1.29, 1.82) is 0 Å². The van der Waals surface area contributed by atoms with Crippen LogP contribution in [-0.2, 0) is 17.8 Å². The van der Waals surface area contributed by atoms with Gasteiger partial charge in [0, 0.05) is 13.0 Å². The minimum absolute atomic E-state index is 0.152. The van der Waals surface area contributed by atoms with E-state index in [-0.39, 0.29) is 11.9 Å². The van der Waals surface area contributed by atoms with E-state index in [1.54, 1.807) is 14.2 Å². The van der Waals surface area contributed by atoms with E-state index < -0.39 is 0 Å². The van der Waals surface area contributed by atoms with Crippen molar-refractivity contribution in [2.75, 3.05) is 14.2 Å². The SMILES string of the molecule is COc1ccc(CCC(=O)N2Cc3ccccc3[C@@H]2C)cc1OC. The van der Waals surface area contributed by atoms with Crippen molar-refractivity contribution in [2.24, 2.45) is 0 Å². The summed E-state index contributed by atoms with van der Waals surface area (Å²) in [6.07, 6.45) is 1.19. The van der Waals surface area contributed by atoms with E-state index >= 15 is 0 Å². The van der Waals surface area contributed by atoms with Crippen LogP contribution in [0.4, 0.5) is 0 Å². The normalized spacial score (nSPS) is 16.0. The smallest absolute Gasteiger partial charge is 0.223 e. The van der Waals surface area contributed by atoms with Gasteiger partial charge in [-0.3, -0.25) is 4.79 Å². The molecule has 0 fully saturated rings. The number of hydrogen-bond donors (Lipinski definition) is 0. The van der Waals surface area contributed by atoms with Crippen LogP contribution in [0.5, 0.6) is 11.5 Å². The molecule has 2 aromatic rings. The summed E-state index contributed by atoms with van der Waals surface area (Å²) in [5, 5.41) is 0. The zero-order chi connectivity index (χ0) is 17.1. The minimum Gasteiger partial charge on any atom is -0.493 e. The number of aryl methyl sites for hydroxylation is 1. The Morgan fingerprint density at radius 3 is 2.58 bits per heavy atom. The zero-order valence-corrected chi connectivity index (χ0v) is 14.4. The number of nitrogens with zero attached hydrogens (tertiary/aromatic N) is 1. The van der Waals surface area contributed by atoms with Crippen molar-refractivity contribution >= 4 is 5.91 Å². The van der Waals surface area contributed by atoms with Gasteiger partial charge in [0.15, 0.2) is 11.5 Å². The molecule has 1 atom stereocenters. The monoisotopic (exact) mass is 325 g/mol. The molecule has 2 aromatic carbocycles. The highest BCUT2D eigenvalue weighted by Crippen LogP contribution is 2.34. The lowest BCUT2D eigenvalue weighted by atomic mass is 10.1. The number of methoxy groups -OCH3 is 2. The third-order valence-corrected chi connectivity index (χ3v) is 4.71. The van der Waals surface area contributed by atoms with Crippen LogP contribution in [0.2, 0.25) is 0 Å². The Kier molecular flexibility index (Phi) is 4.74. The van der Waals surface area contributed by atoms with Gasteiger partial charge in [-0.25, -0.2) is 0 Å². The fraction of sp³-hybridized carbons (Fsp3) is 0.350. The Morgan fingerprint density at radius 1 is 1.12 bits per heavy atom. The Bertz CT molecular complexity index is 741. The molecule has 1 amide bonds. The second-order valence-electron chi connectivity index (χ2n) is 6.09. The van der Waals surface area contributed by atoms with Crippen molar-refractivity contribution in [3.8, 4) is 11.5 Å². The van der Waals surface area contributed by atoms with Gasteiger partial charge >= 0.3 is 0 Å². The summed E-state index contributed by atoms with van der Waals surface area (Å²) in [4.78, 5) is 14.6. The maximum absolute atomic E-state index is 12.6. The number of fused-ring (bicyclic) bond motifs is 1. The number of ether oxygens (including phenoxy) is 2. The molecular weight excluding hydrogens is 302 g/mol. The molecule has 1 heterocycles. The summed E-state index contributed by atoms with van der Waals surface area (Å²) in [6, 6.07) is 14.2. The van der Waals surface area contributed by atoms with Crippen LogP contribution in [0.15, 0.2) is 42.5 Å². The summed E-state index contributed by atoms with van der Waals surface area (Å²) in [5.74, 6) is 1.59. The molecule has 0 spiro atoms. The number of carbonyl (C=O) groups is 1. The molecule has 4 heteroatoms. The van der Waals surface area contributed by atoms with E-state index in [4.69, 9.17) is 9.47 Å². The van der Waals surface area contributed by atoms with Crippen LogP contribution < -0.4 is 9.47 Å². The van der Waals surface area contributed by atoms with E-state index in [0.717, 1.165) is 5.56 Å². The van der Waals surface area contributed by atoms with Gasteiger partial charge in [0.1, 0.15) is 0 Å². The average molecular weight is 325 g/mol. The number of hydrogen-bond acceptors (Lipinski definition) is 3. The standard InChI is InChI=1S/C20H23NO3/c1-14-17-7-5-4-6-16(17)13-21(14)20(22)11-9-15-8-10-18(23-2)19(12-15)24-3/h4-8,10,12,14H,9,11,13H2,1-3H3/t14-/m0/s1. The third kappa shape index (κ3) is 3.09. The second kappa shape index (κ2) is 6.95. The maximum atomic E-state index is 12.6. The molecule has 126 valence electrons. The Morgan fingerprint density at radius 2 is 1.88 bits per heavy atom. The van der Waals surface area contributed by atoms with Gasteiger partial charge in [-0.1, -0.05) is 30.3 Å². The van der Waals surface area contributed by atoms with Gasteiger partial charge in [-0.15, -0.1) is 0 Å². The molecule has 3 rings (SSSR count). The van der Waals surface area contributed by atoms with Crippen molar-refractivity contribution in [1.82, 2.24) is 4.90 Å². The summed E-state index contributed by atoms with van der Waals surface area (Å²) >= 11 is 0. The molecule has 24 heavy (non-hydrogen) atoms. The quantitative estimate of drug-likeness (QED) is 0.840. The Labute approximate surface area is 143 Å². The predicted molar refractivity (Wildman–Crippen MR) is 93.3 cm³/mol. The second-order valence-corrected chi connectivity index (χ2v) is 6.09. The van der Waals surface area contributed by atoms with E-state index in [1.807, 2.05) is 35.2 Å². The highest BCUT2D eigenvalue weighted by Gasteiger charge is 2.29. The minimum atomic E-state index is 0.152. The lowest BCUT2D eigenvalue weighted by Crippen LogP contribution is -2.28. The molecule has 0 saturated carbocycles. The molecule has 0 bridgehead atoms. The van der Waals surface area contributed by atoms with Crippen LogP contribution in [0, 0.1) is 0 Å². The van der Waals surface area contributed by atoms with Crippen molar-refractivity contribution in [3.63, 3.8) is 0 Å². The molecular formula is C20H23NO3. The van der Waals surface area contributed by atoms with Crippen molar-refractivity contribution in [2.45, 2.75) is 32.4 Å². The predicted octanol–water partition coefficient (Wildman–Crippen LogP) is 3.74. The molecule has 0 aliphatic carbocycles. The van der Waals surface area contributed by atoms with Crippen LogP contribution in [0.1, 0.15) is 36.1 Å². The molecule has 0 aromatic heterocycles. The van der Waals surface area contributed by atoms with Gasteiger partial charge in [0.2, 0.25) is 5.91 Å².